The van der Waals surface area contributed by atoms with E-state index in [0.29, 0.717) is 24.0 Å². The fourth-order valence-electron chi connectivity index (χ4n) is 3.48. The van der Waals surface area contributed by atoms with Crippen LogP contribution in [0.4, 0.5) is 0 Å². The lowest BCUT2D eigenvalue weighted by atomic mass is 9.79. The lowest BCUT2D eigenvalue weighted by Crippen LogP contribution is -2.30. The van der Waals surface area contributed by atoms with Crippen LogP contribution in [0.15, 0.2) is 21.7 Å². The minimum atomic E-state index is -0.736. The Bertz CT molecular complexity index is 808. The van der Waals surface area contributed by atoms with Gasteiger partial charge in [-0.25, -0.2) is 4.79 Å². The number of H-pyrrole nitrogens is 2. The van der Waals surface area contributed by atoms with Gasteiger partial charge in [-0.05, 0) is 44.6 Å². The average molecular weight is 305 g/mol. The molecule has 22 heavy (non-hydrogen) atoms. The Morgan fingerprint density at radius 3 is 2.55 bits per heavy atom. The molecule has 3 rings (SSSR count). The van der Waals surface area contributed by atoms with Crippen LogP contribution >= 0.6 is 0 Å². The Kier molecular flexibility index (Phi) is 3.64. The van der Waals surface area contributed by atoms with E-state index in [9.17, 15) is 14.4 Å². The molecule has 1 unspecified atom stereocenters. The zero-order valence-electron chi connectivity index (χ0n) is 12.3. The second kappa shape index (κ2) is 5.47. The van der Waals surface area contributed by atoms with Gasteiger partial charge in [-0.3, -0.25) is 14.2 Å². The van der Waals surface area contributed by atoms with Gasteiger partial charge in [0.15, 0.2) is 0 Å². The SMILES string of the molecule is CC(C1CCC(C(=O)O)CC1)n1c(=O)[nH]c2ccc(=O)[nH]c21. The van der Waals surface area contributed by atoms with Crippen molar-refractivity contribution in [2.24, 2.45) is 11.8 Å². The number of nitrogens with one attached hydrogen (secondary N) is 2. The number of rotatable bonds is 3. The molecule has 0 aromatic carbocycles. The van der Waals surface area contributed by atoms with E-state index in [-0.39, 0.29) is 29.1 Å². The average Bonchev–Trinajstić information content (AvgIpc) is 2.82. The Labute approximate surface area is 126 Å². The van der Waals surface area contributed by atoms with Gasteiger partial charge in [0.25, 0.3) is 0 Å². The standard InChI is InChI=1S/C15H19N3O4/c1-8(9-2-4-10(5-3-9)14(20)21)18-13-11(16-15(18)22)6-7-12(19)17-13/h6-10H,2-5H2,1H3,(H,16,22)(H,17,19)(H,20,21). The molecule has 0 aliphatic heterocycles. The van der Waals surface area contributed by atoms with Crippen LogP contribution in [0.3, 0.4) is 0 Å². The van der Waals surface area contributed by atoms with Crippen LogP contribution in [0.25, 0.3) is 11.2 Å². The highest BCUT2D eigenvalue weighted by Crippen LogP contribution is 2.35. The van der Waals surface area contributed by atoms with Crippen molar-refractivity contribution >= 4 is 17.1 Å². The van der Waals surface area contributed by atoms with Gasteiger partial charge in [-0.1, -0.05) is 0 Å². The number of carboxylic acids is 1. The van der Waals surface area contributed by atoms with Crippen LogP contribution in [-0.4, -0.2) is 25.6 Å². The topological polar surface area (TPSA) is 108 Å². The third-order valence-electron chi connectivity index (χ3n) is 4.81. The summed E-state index contributed by atoms with van der Waals surface area (Å²) in [5.74, 6) is -0.779. The van der Waals surface area contributed by atoms with Crippen molar-refractivity contribution in [3.8, 4) is 0 Å². The van der Waals surface area contributed by atoms with Gasteiger partial charge in [0.05, 0.1) is 11.4 Å². The van der Waals surface area contributed by atoms with E-state index in [2.05, 4.69) is 9.97 Å². The Morgan fingerprint density at radius 1 is 1.23 bits per heavy atom. The number of hydrogen-bond acceptors (Lipinski definition) is 3. The van der Waals surface area contributed by atoms with Gasteiger partial charge in [-0.2, -0.15) is 0 Å². The molecule has 2 aromatic rings. The molecule has 2 aromatic heterocycles. The Hall–Kier alpha value is -2.31. The first kappa shape index (κ1) is 14.6. The second-order valence-corrected chi connectivity index (χ2v) is 6.08. The fraction of sp³-hybridized carbons (Fsp3) is 0.533. The molecule has 1 aliphatic carbocycles. The van der Waals surface area contributed by atoms with Crippen molar-refractivity contribution in [2.75, 3.05) is 0 Å². The summed E-state index contributed by atoms with van der Waals surface area (Å²) in [5.41, 5.74) is 0.618. The molecular formula is C15H19N3O4. The van der Waals surface area contributed by atoms with E-state index in [1.165, 1.54) is 6.07 Å². The molecular weight excluding hydrogens is 286 g/mol. The molecule has 0 saturated heterocycles. The van der Waals surface area contributed by atoms with Crippen molar-refractivity contribution in [3.63, 3.8) is 0 Å². The summed E-state index contributed by atoms with van der Waals surface area (Å²) in [6, 6.07) is 2.89. The number of aromatic amines is 2. The molecule has 1 atom stereocenters. The van der Waals surface area contributed by atoms with Crippen LogP contribution < -0.4 is 11.2 Å². The lowest BCUT2D eigenvalue weighted by molar-refractivity contribution is -0.143. The van der Waals surface area contributed by atoms with Crippen molar-refractivity contribution in [3.05, 3.63) is 33.0 Å². The molecule has 1 saturated carbocycles. The number of hydrogen-bond donors (Lipinski definition) is 3. The van der Waals surface area contributed by atoms with Crippen molar-refractivity contribution in [1.82, 2.24) is 14.5 Å². The maximum absolute atomic E-state index is 12.2. The molecule has 0 bridgehead atoms. The Morgan fingerprint density at radius 2 is 1.91 bits per heavy atom. The second-order valence-electron chi connectivity index (χ2n) is 6.08. The van der Waals surface area contributed by atoms with Crippen molar-refractivity contribution < 1.29 is 9.90 Å². The largest absolute Gasteiger partial charge is 0.481 e. The maximum atomic E-state index is 12.2. The predicted molar refractivity (Wildman–Crippen MR) is 81.0 cm³/mol. The molecule has 3 N–H and O–H groups in total. The normalized spacial score (nSPS) is 23.5. The summed E-state index contributed by atoms with van der Waals surface area (Å²) in [4.78, 5) is 40.2. The molecule has 7 nitrogen and oxygen atoms in total. The van der Waals surface area contributed by atoms with E-state index in [0.717, 1.165) is 12.8 Å². The van der Waals surface area contributed by atoms with Gasteiger partial charge in [-0.15, -0.1) is 0 Å². The maximum Gasteiger partial charge on any atom is 0.327 e. The molecule has 1 fully saturated rings. The zero-order valence-corrected chi connectivity index (χ0v) is 12.3. The van der Waals surface area contributed by atoms with E-state index in [4.69, 9.17) is 5.11 Å². The highest BCUT2D eigenvalue weighted by atomic mass is 16.4. The minimum absolute atomic E-state index is 0.0888. The summed E-state index contributed by atoms with van der Waals surface area (Å²) in [6.45, 7) is 1.95. The number of carbonyl (C=O) groups is 1. The van der Waals surface area contributed by atoms with Gasteiger partial charge < -0.3 is 15.1 Å². The minimum Gasteiger partial charge on any atom is -0.481 e. The van der Waals surface area contributed by atoms with Crippen molar-refractivity contribution in [1.29, 1.82) is 0 Å². The van der Waals surface area contributed by atoms with Crippen LogP contribution in [0.1, 0.15) is 38.6 Å². The molecule has 118 valence electrons. The van der Waals surface area contributed by atoms with E-state index >= 15 is 0 Å². The van der Waals surface area contributed by atoms with Crippen molar-refractivity contribution in [2.45, 2.75) is 38.6 Å². The molecule has 0 radical (unpaired) electrons. The first-order valence-electron chi connectivity index (χ1n) is 7.53. The predicted octanol–water partition coefficient (Wildman–Crippen LogP) is 1.47. The number of pyridine rings is 1. The number of imidazole rings is 1. The smallest absolute Gasteiger partial charge is 0.327 e. The first-order valence-corrected chi connectivity index (χ1v) is 7.53. The highest BCUT2D eigenvalue weighted by Gasteiger charge is 2.30. The number of carboxylic acid groups (broad SMARTS) is 1. The summed E-state index contributed by atoms with van der Waals surface area (Å²) >= 11 is 0. The van der Waals surface area contributed by atoms with Gasteiger partial charge in [0, 0.05) is 12.1 Å². The van der Waals surface area contributed by atoms with Gasteiger partial charge >= 0.3 is 11.7 Å². The Balaban J connectivity index is 1.90. The van der Waals surface area contributed by atoms with Crippen LogP contribution in [0, 0.1) is 11.8 Å². The quantitative estimate of drug-likeness (QED) is 0.798. The lowest BCUT2D eigenvalue weighted by Gasteiger charge is -2.31. The summed E-state index contributed by atoms with van der Waals surface area (Å²) < 4.78 is 1.59. The van der Waals surface area contributed by atoms with E-state index in [1.807, 2.05) is 6.92 Å². The van der Waals surface area contributed by atoms with E-state index in [1.54, 1.807) is 10.6 Å². The number of fused-ring (bicyclic) bond motifs is 1. The summed E-state index contributed by atoms with van der Waals surface area (Å²) in [6.07, 6.45) is 2.82. The summed E-state index contributed by atoms with van der Waals surface area (Å²) in [7, 11) is 0. The van der Waals surface area contributed by atoms with E-state index < -0.39 is 5.97 Å². The molecule has 7 heteroatoms. The monoisotopic (exact) mass is 305 g/mol. The number of aliphatic carboxylic acids is 1. The molecule has 0 spiro atoms. The molecule has 1 aliphatic rings. The van der Waals surface area contributed by atoms with Gasteiger partial charge in [0.1, 0.15) is 5.65 Å². The number of nitrogens with zero attached hydrogens (tertiary/aromatic N) is 1. The van der Waals surface area contributed by atoms with Crippen LogP contribution in [0.2, 0.25) is 0 Å². The van der Waals surface area contributed by atoms with Crippen LogP contribution in [-0.2, 0) is 4.79 Å². The summed E-state index contributed by atoms with van der Waals surface area (Å²) in [5, 5.41) is 9.06. The number of aromatic nitrogens is 3. The first-order chi connectivity index (χ1) is 10.5. The highest BCUT2D eigenvalue weighted by molar-refractivity contribution is 5.70. The van der Waals surface area contributed by atoms with Gasteiger partial charge in [0.2, 0.25) is 5.56 Å². The van der Waals surface area contributed by atoms with Crippen LogP contribution in [0.5, 0.6) is 0 Å². The molecule has 2 heterocycles. The third kappa shape index (κ3) is 2.47. The third-order valence-corrected chi connectivity index (χ3v) is 4.81. The molecule has 0 amide bonds. The fourth-order valence-corrected chi connectivity index (χ4v) is 3.48. The zero-order chi connectivity index (χ0) is 15.9.